The number of nitrogens with zero attached hydrogens (tertiary/aromatic N) is 5. The van der Waals surface area contributed by atoms with Crippen molar-refractivity contribution in [1.29, 1.82) is 5.26 Å². The number of nitriles is 1. The maximum absolute atomic E-state index is 12.7. The van der Waals surface area contributed by atoms with Crippen molar-refractivity contribution < 1.29 is 27.7 Å². The van der Waals surface area contributed by atoms with Crippen LogP contribution in [0.2, 0.25) is 18.1 Å². The lowest BCUT2D eigenvalue weighted by Gasteiger charge is -2.42. The van der Waals surface area contributed by atoms with E-state index in [1.165, 1.54) is 6.33 Å². The summed E-state index contributed by atoms with van der Waals surface area (Å²) in [7, 11) is -4.23. The van der Waals surface area contributed by atoms with Gasteiger partial charge in [0, 0.05) is 12.1 Å². The first-order valence-corrected chi connectivity index (χ1v) is 19.4. The first-order valence-electron chi connectivity index (χ1n) is 15.4. The van der Waals surface area contributed by atoms with Crippen LogP contribution in [0.5, 0.6) is 0 Å². The van der Waals surface area contributed by atoms with Crippen LogP contribution in [-0.4, -0.2) is 82.1 Å². The van der Waals surface area contributed by atoms with E-state index in [0.29, 0.717) is 0 Å². The molecule has 1 fully saturated rings. The molecule has 1 saturated heterocycles. The molecule has 2 aromatic heterocycles. The molecule has 0 radical (unpaired) electrons. The molecule has 1 aliphatic rings. The number of H-pyrrole nitrogens is 1. The summed E-state index contributed by atoms with van der Waals surface area (Å²) < 4.78 is 36.3. The van der Waals surface area contributed by atoms with Crippen molar-refractivity contribution in [2.75, 3.05) is 18.9 Å². The molecule has 16 heteroatoms. The number of fused-ring (bicyclic) bond motifs is 1. The molecule has 0 saturated carbocycles. The summed E-state index contributed by atoms with van der Waals surface area (Å²) in [6.45, 7) is 22.4. The average Bonchev–Trinajstić information content (AvgIpc) is 3.47. The number of carbonyl (C=O) groups excluding carboxylic acids is 1. The molecule has 45 heavy (non-hydrogen) atoms. The van der Waals surface area contributed by atoms with E-state index in [9.17, 15) is 14.9 Å². The Labute approximate surface area is 268 Å². The van der Waals surface area contributed by atoms with Gasteiger partial charge in [0.15, 0.2) is 25.7 Å². The molecule has 14 nitrogen and oxygen atoms in total. The van der Waals surface area contributed by atoms with Gasteiger partial charge in [-0.25, -0.2) is 9.65 Å². The first kappa shape index (κ1) is 37.0. The Balaban J connectivity index is 2.19. The third kappa shape index (κ3) is 8.68. The number of aromatic amines is 1. The fourth-order valence-corrected chi connectivity index (χ4v) is 7.75. The minimum atomic E-state index is -2.51. The van der Waals surface area contributed by atoms with Gasteiger partial charge in [-0.05, 0) is 45.8 Å². The van der Waals surface area contributed by atoms with Gasteiger partial charge in [-0.15, -0.1) is 0 Å². The van der Waals surface area contributed by atoms with Gasteiger partial charge in [-0.1, -0.05) is 34.6 Å². The van der Waals surface area contributed by atoms with Gasteiger partial charge in [-0.3, -0.25) is 19.1 Å². The summed E-state index contributed by atoms with van der Waals surface area (Å²) in [5.74, 6) is -0.792. The summed E-state index contributed by atoms with van der Waals surface area (Å²) in [5, 5.41) is 9.05. The number of nitrogens with one attached hydrogen (secondary N) is 1. The monoisotopic (exact) mass is 667 g/mol. The fourth-order valence-electron chi connectivity index (χ4n) is 4.69. The van der Waals surface area contributed by atoms with E-state index < -0.39 is 46.9 Å². The van der Waals surface area contributed by atoms with Crippen LogP contribution in [0.15, 0.2) is 11.1 Å². The molecule has 0 bridgehead atoms. The molecule has 252 valence electrons. The second-order valence-electron chi connectivity index (χ2n) is 13.6. The van der Waals surface area contributed by atoms with Gasteiger partial charge < -0.3 is 28.7 Å². The molecular formula is C29H50N7O7PSi. The summed E-state index contributed by atoms with van der Waals surface area (Å²) in [6, 6.07) is 2.22. The highest BCUT2D eigenvalue weighted by atomic mass is 31.2. The lowest BCUT2D eigenvalue weighted by atomic mass is 10.1. The third-order valence-corrected chi connectivity index (χ3v) is 14.6. The lowest BCUT2D eigenvalue weighted by Crippen LogP contribution is -2.49. The van der Waals surface area contributed by atoms with Gasteiger partial charge in [0.25, 0.3) is 14.1 Å². The van der Waals surface area contributed by atoms with Crippen LogP contribution in [0.4, 0.5) is 5.95 Å². The zero-order valence-electron chi connectivity index (χ0n) is 28.4. The Kier molecular flexibility index (Phi) is 12.3. The standard InChI is InChI=1S/C29H50N7O7PSi/c1-17(2)27(38)39-15-20-22(42-44(40-14-12-13-30)36(18(3)4)19(5)6)23(43-45(10,11)29(7,8)9)26(41-20)35-16-32-21-24(35)33-28(31)34-25(21)37/h16-20,22-23,26H,12,14-15H2,1-11H3,(H3,31,33,34,37)/t20-,22-,23-,26-,44?/m1/s1. The van der Waals surface area contributed by atoms with E-state index in [1.54, 1.807) is 18.4 Å². The number of anilines is 1. The van der Waals surface area contributed by atoms with Crippen molar-refractivity contribution in [3.8, 4) is 6.07 Å². The van der Waals surface area contributed by atoms with Crippen molar-refractivity contribution in [3.63, 3.8) is 0 Å². The average molecular weight is 668 g/mol. The smallest absolute Gasteiger partial charge is 0.308 e. The zero-order valence-corrected chi connectivity index (χ0v) is 30.3. The van der Waals surface area contributed by atoms with E-state index in [2.05, 4.69) is 87.3 Å². The number of hydrogen-bond acceptors (Lipinski definition) is 12. The minimum Gasteiger partial charge on any atom is -0.463 e. The predicted octanol–water partition coefficient (Wildman–Crippen LogP) is 4.85. The van der Waals surface area contributed by atoms with Crippen LogP contribution in [-0.2, 0) is 27.7 Å². The number of nitrogens with two attached hydrogens (primary N) is 1. The van der Waals surface area contributed by atoms with E-state index in [1.807, 2.05) is 0 Å². The van der Waals surface area contributed by atoms with Crippen molar-refractivity contribution in [2.45, 2.75) is 123 Å². The second-order valence-corrected chi connectivity index (χ2v) is 19.7. The molecule has 0 aliphatic carbocycles. The highest BCUT2D eigenvalue weighted by molar-refractivity contribution is 7.44. The molecule has 3 rings (SSSR count). The summed E-state index contributed by atoms with van der Waals surface area (Å²) in [6.07, 6.45) is -1.52. The summed E-state index contributed by atoms with van der Waals surface area (Å²) >= 11 is 0. The van der Waals surface area contributed by atoms with Crippen LogP contribution >= 0.6 is 8.53 Å². The number of hydrogen-bond donors (Lipinski definition) is 2. The van der Waals surface area contributed by atoms with Gasteiger partial charge in [-0.2, -0.15) is 10.2 Å². The van der Waals surface area contributed by atoms with Crippen LogP contribution in [0.1, 0.15) is 75.0 Å². The van der Waals surface area contributed by atoms with Crippen LogP contribution in [0.3, 0.4) is 0 Å². The van der Waals surface area contributed by atoms with Gasteiger partial charge >= 0.3 is 5.97 Å². The maximum atomic E-state index is 12.7. The number of rotatable bonds is 14. The topological polar surface area (TPSA) is 180 Å². The van der Waals surface area contributed by atoms with E-state index in [0.717, 1.165) is 0 Å². The number of esters is 1. The maximum Gasteiger partial charge on any atom is 0.308 e. The highest BCUT2D eigenvalue weighted by Crippen LogP contribution is 2.52. The quantitative estimate of drug-likeness (QED) is 0.121. The van der Waals surface area contributed by atoms with Crippen molar-refractivity contribution >= 4 is 39.9 Å². The van der Waals surface area contributed by atoms with E-state index in [4.69, 9.17) is 28.7 Å². The Bertz CT molecular complexity index is 1390. The largest absolute Gasteiger partial charge is 0.463 e. The minimum absolute atomic E-state index is 0.0461. The number of nitrogen functional groups attached to an aromatic ring is 1. The fraction of sp³-hybridized carbons (Fsp3) is 0.759. The van der Waals surface area contributed by atoms with Gasteiger partial charge in [0.2, 0.25) is 5.95 Å². The normalized spacial score (nSPS) is 21.7. The zero-order chi connectivity index (χ0) is 33.9. The molecule has 2 aromatic rings. The van der Waals surface area contributed by atoms with Crippen LogP contribution in [0.25, 0.3) is 11.2 Å². The molecular weight excluding hydrogens is 617 g/mol. The van der Waals surface area contributed by atoms with Crippen LogP contribution < -0.4 is 11.3 Å². The number of aromatic nitrogens is 4. The highest BCUT2D eigenvalue weighted by Gasteiger charge is 2.54. The van der Waals surface area contributed by atoms with Crippen molar-refractivity contribution in [1.82, 2.24) is 24.2 Å². The van der Waals surface area contributed by atoms with Gasteiger partial charge in [0.1, 0.15) is 24.9 Å². The summed E-state index contributed by atoms with van der Waals surface area (Å²) in [5.41, 5.74) is 5.76. The van der Waals surface area contributed by atoms with E-state index in [-0.39, 0.29) is 65.8 Å². The molecule has 3 heterocycles. The lowest BCUT2D eigenvalue weighted by molar-refractivity contribution is -0.153. The Morgan fingerprint density at radius 1 is 1.22 bits per heavy atom. The Hall–Kier alpha value is -2.44. The number of imidazole rings is 1. The van der Waals surface area contributed by atoms with Crippen LogP contribution in [0, 0.1) is 17.2 Å². The van der Waals surface area contributed by atoms with Crippen molar-refractivity contribution in [3.05, 3.63) is 16.7 Å². The van der Waals surface area contributed by atoms with Crippen molar-refractivity contribution in [2.24, 2.45) is 5.92 Å². The molecule has 1 unspecified atom stereocenters. The number of ether oxygens (including phenoxy) is 2. The third-order valence-electron chi connectivity index (χ3n) is 7.98. The van der Waals surface area contributed by atoms with Gasteiger partial charge in [0.05, 0.1) is 31.3 Å². The molecule has 5 atom stereocenters. The molecule has 3 N–H and O–H groups in total. The summed E-state index contributed by atoms with van der Waals surface area (Å²) in [4.78, 5) is 36.4. The Morgan fingerprint density at radius 3 is 2.42 bits per heavy atom. The van der Waals surface area contributed by atoms with E-state index >= 15 is 0 Å². The molecule has 0 spiro atoms. The molecule has 0 amide bonds. The Morgan fingerprint density at radius 2 is 1.87 bits per heavy atom. The number of carbonyl (C=O) groups is 1. The molecule has 1 aliphatic heterocycles. The second kappa shape index (κ2) is 15.0. The SMILES string of the molecule is CC(C)C(=O)OC[C@H]1O[C@@H](n2cnc3c(=O)[nH]c(N)nc32)[C@H](O[Si](C)(C)C(C)(C)C)[C@@H]1OP(OCCC#N)N(C(C)C)C(C)C. The first-order chi connectivity index (χ1) is 20.9. The molecule has 0 aromatic carbocycles. The predicted molar refractivity (Wildman–Crippen MR) is 174 cm³/mol.